The largest absolute Gasteiger partial charge is 0.416 e. The maximum Gasteiger partial charge on any atom is 0.416 e. The monoisotopic (exact) mass is 531 g/mol. The summed E-state index contributed by atoms with van der Waals surface area (Å²) >= 11 is 7.12. The van der Waals surface area contributed by atoms with Crippen LogP contribution in [0.2, 0.25) is 5.02 Å². The smallest absolute Gasteiger partial charge is 0.352 e. The number of nitrogens with zero attached hydrogens (tertiary/aromatic N) is 1. The number of nitriles is 1. The number of Topliss-reactive ketones (excluding diaryl/α,β-unsaturated/α-hetero) is 1. The van der Waals surface area contributed by atoms with Gasteiger partial charge in [-0.3, -0.25) is 9.59 Å². The lowest BCUT2D eigenvalue weighted by Gasteiger charge is -2.34. The average Bonchev–Trinajstić information content (AvgIpc) is 2.84. The Morgan fingerprint density at radius 3 is 2.69 bits per heavy atom. The van der Waals surface area contributed by atoms with Crippen LogP contribution in [0, 0.1) is 18.3 Å². The van der Waals surface area contributed by atoms with Gasteiger partial charge in [-0.05, 0) is 49.1 Å². The van der Waals surface area contributed by atoms with Crippen molar-refractivity contribution in [3.05, 3.63) is 86.0 Å². The minimum Gasteiger partial charge on any atom is -0.352 e. The molecule has 10 heteroatoms. The van der Waals surface area contributed by atoms with E-state index in [0.29, 0.717) is 34.8 Å². The van der Waals surface area contributed by atoms with E-state index in [0.717, 1.165) is 17.8 Å². The summed E-state index contributed by atoms with van der Waals surface area (Å²) in [6.07, 6.45) is -3.45. The lowest BCUT2D eigenvalue weighted by Crippen LogP contribution is -2.32. The van der Waals surface area contributed by atoms with Crippen LogP contribution in [0.15, 0.2) is 64.3 Å². The minimum atomic E-state index is -4.66. The first-order valence-corrected chi connectivity index (χ1v) is 12.5. The zero-order valence-corrected chi connectivity index (χ0v) is 20.7. The molecule has 2 aromatic carbocycles. The van der Waals surface area contributed by atoms with E-state index >= 15 is 0 Å². The SMILES string of the molecule is Cc1c(Cl)cccc1NC(=O)CSC1=C(C#N)C(c2ccccc2C(F)(F)F)C2=C(CCCC2=O)N1. The molecule has 0 saturated heterocycles. The third-order valence-corrected chi connectivity index (χ3v) is 7.56. The Morgan fingerprint density at radius 2 is 1.97 bits per heavy atom. The standard InChI is InChI=1S/C26H21ClF3N3O2S/c1-14-18(27)8-4-9-19(14)32-22(35)13-36-25-16(12-31)23(24-20(33-25)10-5-11-21(24)34)15-6-2-3-7-17(15)26(28,29)30/h2-4,6-9,23,33H,5,10-11,13H2,1H3,(H,32,35). The summed E-state index contributed by atoms with van der Waals surface area (Å²) in [6.45, 7) is 1.76. The first-order valence-electron chi connectivity index (χ1n) is 11.1. The molecule has 0 bridgehead atoms. The molecular weight excluding hydrogens is 511 g/mol. The van der Waals surface area contributed by atoms with E-state index in [2.05, 4.69) is 10.6 Å². The lowest BCUT2D eigenvalue weighted by molar-refractivity contribution is -0.138. The topological polar surface area (TPSA) is 82.0 Å². The van der Waals surface area contributed by atoms with Gasteiger partial charge in [0.1, 0.15) is 0 Å². The maximum atomic E-state index is 13.9. The van der Waals surface area contributed by atoms with Crippen molar-refractivity contribution in [1.82, 2.24) is 5.32 Å². The molecule has 5 nitrogen and oxygen atoms in total. The summed E-state index contributed by atoms with van der Waals surface area (Å²) in [4.78, 5) is 25.5. The van der Waals surface area contributed by atoms with Crippen LogP contribution < -0.4 is 10.6 Å². The second-order valence-electron chi connectivity index (χ2n) is 8.42. The number of halogens is 4. The van der Waals surface area contributed by atoms with Crippen molar-refractivity contribution in [2.24, 2.45) is 0 Å². The van der Waals surface area contributed by atoms with Gasteiger partial charge in [0, 0.05) is 28.4 Å². The Morgan fingerprint density at radius 1 is 1.22 bits per heavy atom. The van der Waals surface area contributed by atoms with Crippen LogP contribution >= 0.6 is 23.4 Å². The van der Waals surface area contributed by atoms with Gasteiger partial charge in [0.2, 0.25) is 5.91 Å². The fourth-order valence-electron chi connectivity index (χ4n) is 4.42. The van der Waals surface area contributed by atoms with Crippen molar-refractivity contribution in [3.63, 3.8) is 0 Å². The first-order chi connectivity index (χ1) is 17.1. The van der Waals surface area contributed by atoms with Crippen LogP contribution in [0.1, 0.15) is 41.9 Å². The van der Waals surface area contributed by atoms with Crippen molar-refractivity contribution in [3.8, 4) is 6.07 Å². The number of nitrogens with one attached hydrogen (secondary N) is 2. The third kappa shape index (κ3) is 5.15. The average molecular weight is 532 g/mol. The highest BCUT2D eigenvalue weighted by Gasteiger charge is 2.42. The van der Waals surface area contributed by atoms with E-state index in [4.69, 9.17) is 11.6 Å². The second-order valence-corrected chi connectivity index (χ2v) is 9.81. The summed E-state index contributed by atoms with van der Waals surface area (Å²) in [7, 11) is 0. The predicted molar refractivity (Wildman–Crippen MR) is 133 cm³/mol. The number of dihydropyridines is 1. The highest BCUT2D eigenvalue weighted by molar-refractivity contribution is 8.03. The van der Waals surface area contributed by atoms with Crippen LogP contribution in [0.25, 0.3) is 0 Å². The van der Waals surface area contributed by atoms with Crippen molar-refractivity contribution >= 4 is 40.7 Å². The van der Waals surface area contributed by atoms with Crippen LogP contribution in [-0.4, -0.2) is 17.4 Å². The fraction of sp³-hybridized carbons (Fsp3) is 0.269. The second kappa shape index (κ2) is 10.4. The number of alkyl halides is 3. The fourth-order valence-corrected chi connectivity index (χ4v) is 5.46. The summed E-state index contributed by atoms with van der Waals surface area (Å²) in [5.74, 6) is -1.93. The molecule has 0 radical (unpaired) electrons. The van der Waals surface area contributed by atoms with Gasteiger partial charge < -0.3 is 10.6 Å². The molecule has 1 amide bonds. The number of rotatable bonds is 5. The number of benzene rings is 2. The first kappa shape index (κ1) is 25.9. The van der Waals surface area contributed by atoms with E-state index in [1.54, 1.807) is 25.1 Å². The van der Waals surface area contributed by atoms with Crippen molar-refractivity contribution in [2.45, 2.75) is 38.3 Å². The summed E-state index contributed by atoms with van der Waals surface area (Å²) in [5, 5.41) is 16.7. The molecule has 0 aromatic heterocycles. The Bertz CT molecular complexity index is 1340. The van der Waals surface area contributed by atoms with Gasteiger partial charge in [-0.25, -0.2) is 0 Å². The Labute approximate surface area is 215 Å². The van der Waals surface area contributed by atoms with Crippen molar-refractivity contribution in [2.75, 3.05) is 11.1 Å². The summed E-state index contributed by atoms with van der Waals surface area (Å²) < 4.78 is 41.7. The molecule has 1 heterocycles. The Balaban J connectivity index is 1.69. The lowest BCUT2D eigenvalue weighted by atomic mass is 9.75. The molecule has 0 fully saturated rings. The van der Waals surface area contributed by atoms with Gasteiger partial charge in [-0.15, -0.1) is 0 Å². The van der Waals surface area contributed by atoms with Crippen LogP contribution in [0.3, 0.4) is 0 Å². The number of amides is 1. The number of hydrogen-bond donors (Lipinski definition) is 2. The van der Waals surface area contributed by atoms with Crippen LogP contribution in [0.5, 0.6) is 0 Å². The molecule has 1 aliphatic carbocycles. The number of allylic oxidation sites excluding steroid dienone is 3. The van der Waals surface area contributed by atoms with E-state index in [-0.39, 0.29) is 45.6 Å². The van der Waals surface area contributed by atoms with Gasteiger partial charge >= 0.3 is 6.18 Å². The molecule has 1 aliphatic heterocycles. The van der Waals surface area contributed by atoms with Crippen LogP contribution in [-0.2, 0) is 15.8 Å². The number of hydrogen-bond acceptors (Lipinski definition) is 5. The molecule has 2 aliphatic rings. The van der Waals surface area contributed by atoms with Gasteiger partial charge in [0.25, 0.3) is 0 Å². The van der Waals surface area contributed by atoms with Gasteiger partial charge in [0.05, 0.1) is 33.9 Å². The molecule has 0 saturated carbocycles. The molecule has 2 N–H and O–H groups in total. The molecule has 186 valence electrons. The number of anilines is 1. The summed E-state index contributed by atoms with van der Waals surface area (Å²) in [5.41, 5.74) is 0.871. The zero-order valence-electron chi connectivity index (χ0n) is 19.1. The third-order valence-electron chi connectivity index (χ3n) is 6.13. The molecular formula is C26H21ClF3N3O2S. The van der Waals surface area contributed by atoms with E-state index in [9.17, 15) is 28.0 Å². The molecule has 2 aromatic rings. The quantitative estimate of drug-likeness (QED) is 0.462. The minimum absolute atomic E-state index is 0.0163. The number of carbonyl (C=O) groups excluding carboxylic acids is 2. The highest BCUT2D eigenvalue weighted by Crippen LogP contribution is 2.47. The van der Waals surface area contributed by atoms with Gasteiger partial charge in [0.15, 0.2) is 5.78 Å². The highest BCUT2D eigenvalue weighted by atomic mass is 35.5. The Hall–Kier alpha value is -3.22. The number of ketones is 1. The molecule has 1 unspecified atom stereocenters. The van der Waals surface area contributed by atoms with E-state index in [1.165, 1.54) is 18.2 Å². The Kier molecular flexibility index (Phi) is 7.48. The molecule has 1 atom stereocenters. The summed E-state index contributed by atoms with van der Waals surface area (Å²) in [6, 6.07) is 12.1. The van der Waals surface area contributed by atoms with Crippen molar-refractivity contribution in [1.29, 1.82) is 5.26 Å². The predicted octanol–water partition coefficient (Wildman–Crippen LogP) is 6.47. The van der Waals surface area contributed by atoms with Crippen molar-refractivity contribution < 1.29 is 22.8 Å². The molecule has 0 spiro atoms. The number of carbonyl (C=O) groups is 2. The van der Waals surface area contributed by atoms with Gasteiger partial charge in [-0.1, -0.05) is 47.6 Å². The van der Waals surface area contributed by atoms with Crippen LogP contribution in [0.4, 0.5) is 18.9 Å². The van der Waals surface area contributed by atoms with Gasteiger partial charge in [-0.2, -0.15) is 18.4 Å². The number of thioether (sulfide) groups is 1. The molecule has 36 heavy (non-hydrogen) atoms. The molecule has 4 rings (SSSR count). The normalized spacial score (nSPS) is 17.9. The zero-order chi connectivity index (χ0) is 26.0. The van der Waals surface area contributed by atoms with E-state index < -0.39 is 17.7 Å². The maximum absolute atomic E-state index is 13.9. The van der Waals surface area contributed by atoms with E-state index in [1.807, 2.05) is 6.07 Å².